The predicted molar refractivity (Wildman–Crippen MR) is 46.6 cm³/mol. The van der Waals surface area contributed by atoms with Crippen molar-refractivity contribution in [3.8, 4) is 0 Å². The van der Waals surface area contributed by atoms with E-state index in [4.69, 9.17) is 0 Å². The molecule has 0 saturated heterocycles. The summed E-state index contributed by atoms with van der Waals surface area (Å²) in [5.74, 6) is -0.340. The minimum absolute atomic E-state index is 0.340. The van der Waals surface area contributed by atoms with Crippen LogP contribution < -0.4 is 0 Å². The maximum Gasteiger partial charge on any atom is 0.125 e. The molecule has 0 amide bonds. The molecule has 0 aliphatic heterocycles. The van der Waals surface area contributed by atoms with Gasteiger partial charge >= 0.3 is 0 Å². The molecular formula is C10H12O2. The van der Waals surface area contributed by atoms with Gasteiger partial charge in [0, 0.05) is 5.92 Å². The van der Waals surface area contributed by atoms with E-state index in [1.807, 2.05) is 30.3 Å². The van der Waals surface area contributed by atoms with Crippen LogP contribution in [0, 0.1) is 5.92 Å². The zero-order valence-electron chi connectivity index (χ0n) is 6.97. The highest BCUT2D eigenvalue weighted by molar-refractivity contribution is 5.54. The molecule has 0 bridgehead atoms. The fourth-order valence-corrected chi connectivity index (χ4v) is 1.03. The van der Waals surface area contributed by atoms with E-state index in [9.17, 15) is 9.90 Å². The lowest BCUT2D eigenvalue weighted by Gasteiger charge is -2.12. The summed E-state index contributed by atoms with van der Waals surface area (Å²) < 4.78 is 0. The van der Waals surface area contributed by atoms with E-state index in [0.717, 1.165) is 11.8 Å². The highest BCUT2D eigenvalue weighted by atomic mass is 16.3. The van der Waals surface area contributed by atoms with E-state index in [0.29, 0.717) is 0 Å². The molecule has 1 aromatic rings. The third-order valence-electron chi connectivity index (χ3n) is 1.85. The third kappa shape index (κ3) is 1.92. The minimum Gasteiger partial charge on any atom is -0.388 e. The summed E-state index contributed by atoms with van der Waals surface area (Å²) in [6.07, 6.45) is 0.0844. The minimum atomic E-state index is -0.677. The van der Waals surface area contributed by atoms with Gasteiger partial charge in [0.15, 0.2) is 0 Å². The highest BCUT2D eigenvalue weighted by Gasteiger charge is 2.14. The van der Waals surface area contributed by atoms with Gasteiger partial charge in [0.2, 0.25) is 0 Å². The highest BCUT2D eigenvalue weighted by Crippen LogP contribution is 2.19. The lowest BCUT2D eigenvalue weighted by atomic mass is 9.99. The monoisotopic (exact) mass is 164 g/mol. The summed E-state index contributed by atoms with van der Waals surface area (Å²) >= 11 is 0. The van der Waals surface area contributed by atoms with E-state index in [1.165, 1.54) is 0 Å². The van der Waals surface area contributed by atoms with Crippen LogP contribution >= 0.6 is 0 Å². The summed E-state index contributed by atoms with van der Waals surface area (Å²) in [6.45, 7) is 1.70. The molecule has 0 aliphatic carbocycles. The Morgan fingerprint density at radius 3 is 2.42 bits per heavy atom. The Bertz CT molecular complexity index is 243. The number of rotatable bonds is 3. The Hall–Kier alpha value is -1.15. The van der Waals surface area contributed by atoms with Crippen LogP contribution in [0.2, 0.25) is 0 Å². The molecule has 1 N–H and O–H groups in total. The SMILES string of the molecule is C[C@@H](C=O)[C@H](O)c1ccccc1. The van der Waals surface area contributed by atoms with E-state index in [1.54, 1.807) is 6.92 Å². The number of carbonyl (C=O) groups is 1. The van der Waals surface area contributed by atoms with Crippen molar-refractivity contribution in [1.82, 2.24) is 0 Å². The van der Waals surface area contributed by atoms with E-state index in [-0.39, 0.29) is 5.92 Å². The molecule has 0 fully saturated rings. The van der Waals surface area contributed by atoms with Crippen molar-refractivity contribution in [1.29, 1.82) is 0 Å². The van der Waals surface area contributed by atoms with E-state index < -0.39 is 6.10 Å². The Balaban J connectivity index is 2.78. The number of aldehydes is 1. The summed E-state index contributed by atoms with van der Waals surface area (Å²) in [5.41, 5.74) is 0.789. The molecular weight excluding hydrogens is 152 g/mol. The molecule has 0 aliphatic rings. The predicted octanol–water partition coefficient (Wildman–Crippen LogP) is 1.55. The van der Waals surface area contributed by atoms with Crippen molar-refractivity contribution in [2.24, 2.45) is 5.92 Å². The molecule has 0 saturated carbocycles. The smallest absolute Gasteiger partial charge is 0.125 e. The average Bonchev–Trinajstić information content (AvgIpc) is 2.17. The van der Waals surface area contributed by atoms with Crippen LogP contribution in [0.25, 0.3) is 0 Å². The van der Waals surface area contributed by atoms with Gasteiger partial charge in [-0.25, -0.2) is 0 Å². The molecule has 64 valence electrons. The summed E-state index contributed by atoms with van der Waals surface area (Å²) in [4.78, 5) is 10.4. The van der Waals surface area contributed by atoms with Crippen LogP contribution in [0.5, 0.6) is 0 Å². The Morgan fingerprint density at radius 2 is 1.92 bits per heavy atom. The summed E-state index contributed by atoms with van der Waals surface area (Å²) in [7, 11) is 0. The number of aliphatic hydroxyl groups excluding tert-OH is 1. The maximum atomic E-state index is 10.4. The molecule has 0 radical (unpaired) electrons. The van der Waals surface area contributed by atoms with Crippen LogP contribution in [0.1, 0.15) is 18.6 Å². The zero-order chi connectivity index (χ0) is 8.97. The second-order valence-electron chi connectivity index (χ2n) is 2.85. The standard InChI is InChI=1S/C10H12O2/c1-8(7-11)10(12)9-5-3-2-4-6-9/h2-8,10,12H,1H3/t8-,10-/m0/s1. The maximum absolute atomic E-state index is 10.4. The number of carbonyl (C=O) groups excluding carboxylic acids is 1. The Morgan fingerprint density at radius 1 is 1.33 bits per heavy atom. The van der Waals surface area contributed by atoms with Crippen LogP contribution in [0.4, 0.5) is 0 Å². The van der Waals surface area contributed by atoms with Crippen LogP contribution in [0.3, 0.4) is 0 Å². The van der Waals surface area contributed by atoms with Gasteiger partial charge in [-0.05, 0) is 5.56 Å². The number of hydrogen-bond donors (Lipinski definition) is 1. The van der Waals surface area contributed by atoms with Crippen molar-refractivity contribution in [3.05, 3.63) is 35.9 Å². The fraction of sp³-hybridized carbons (Fsp3) is 0.300. The first-order chi connectivity index (χ1) is 5.75. The van der Waals surface area contributed by atoms with Crippen molar-refractivity contribution < 1.29 is 9.90 Å². The molecule has 0 spiro atoms. The van der Waals surface area contributed by atoms with Crippen molar-refractivity contribution in [2.75, 3.05) is 0 Å². The van der Waals surface area contributed by atoms with Crippen LogP contribution in [-0.2, 0) is 4.79 Å². The fourth-order valence-electron chi connectivity index (χ4n) is 1.03. The van der Waals surface area contributed by atoms with Crippen molar-refractivity contribution in [3.63, 3.8) is 0 Å². The van der Waals surface area contributed by atoms with Gasteiger partial charge in [0.25, 0.3) is 0 Å². The molecule has 1 aromatic carbocycles. The van der Waals surface area contributed by atoms with Crippen LogP contribution in [0.15, 0.2) is 30.3 Å². The van der Waals surface area contributed by atoms with Gasteiger partial charge in [-0.1, -0.05) is 37.3 Å². The number of benzene rings is 1. The molecule has 12 heavy (non-hydrogen) atoms. The van der Waals surface area contributed by atoms with Gasteiger partial charge in [-0.15, -0.1) is 0 Å². The number of aliphatic hydroxyl groups is 1. The van der Waals surface area contributed by atoms with Gasteiger partial charge < -0.3 is 9.90 Å². The number of hydrogen-bond acceptors (Lipinski definition) is 2. The van der Waals surface area contributed by atoms with Crippen molar-refractivity contribution in [2.45, 2.75) is 13.0 Å². The summed E-state index contributed by atoms with van der Waals surface area (Å²) in [6, 6.07) is 9.18. The quantitative estimate of drug-likeness (QED) is 0.688. The van der Waals surface area contributed by atoms with Crippen LogP contribution in [-0.4, -0.2) is 11.4 Å². The first-order valence-electron chi connectivity index (χ1n) is 3.94. The largest absolute Gasteiger partial charge is 0.388 e. The second kappa shape index (κ2) is 4.02. The molecule has 1 rings (SSSR count). The van der Waals surface area contributed by atoms with Crippen molar-refractivity contribution >= 4 is 6.29 Å². The lowest BCUT2D eigenvalue weighted by molar-refractivity contribution is -0.113. The third-order valence-corrected chi connectivity index (χ3v) is 1.85. The lowest BCUT2D eigenvalue weighted by Crippen LogP contribution is -2.09. The van der Waals surface area contributed by atoms with Gasteiger partial charge in [0.05, 0.1) is 6.10 Å². The first kappa shape index (κ1) is 8.94. The van der Waals surface area contributed by atoms with E-state index >= 15 is 0 Å². The molecule has 2 atom stereocenters. The topological polar surface area (TPSA) is 37.3 Å². The second-order valence-corrected chi connectivity index (χ2v) is 2.85. The van der Waals surface area contributed by atoms with Gasteiger partial charge in [0.1, 0.15) is 6.29 Å². The zero-order valence-corrected chi connectivity index (χ0v) is 6.97. The Kier molecular flexibility index (Phi) is 3.00. The molecule has 2 nitrogen and oxygen atoms in total. The molecule has 2 heteroatoms. The van der Waals surface area contributed by atoms with Gasteiger partial charge in [-0.2, -0.15) is 0 Å². The summed E-state index contributed by atoms with van der Waals surface area (Å²) in [5, 5.41) is 9.56. The Labute approximate surface area is 71.8 Å². The normalized spacial score (nSPS) is 15.2. The average molecular weight is 164 g/mol. The molecule has 0 unspecified atom stereocenters. The molecule has 0 heterocycles. The van der Waals surface area contributed by atoms with E-state index in [2.05, 4.69) is 0 Å². The van der Waals surface area contributed by atoms with Gasteiger partial charge in [-0.3, -0.25) is 0 Å². The first-order valence-corrected chi connectivity index (χ1v) is 3.94. The molecule has 0 aromatic heterocycles.